The molecule has 1 N–H and O–H groups in total. The fourth-order valence-corrected chi connectivity index (χ4v) is 4.04. The SMILES string of the molecule is O=C(NCCSCc1ccc(Cl)cc1Cl)c1cccc(OCc2ccccc2)c1. The number of nitrogens with one attached hydrogen (secondary N) is 1. The molecule has 3 nitrogen and oxygen atoms in total. The molecular weight excluding hydrogens is 425 g/mol. The highest BCUT2D eigenvalue weighted by atomic mass is 35.5. The summed E-state index contributed by atoms with van der Waals surface area (Å²) in [6.07, 6.45) is 0. The van der Waals surface area contributed by atoms with Crippen molar-refractivity contribution >= 4 is 40.9 Å². The molecule has 0 aliphatic rings. The highest BCUT2D eigenvalue weighted by Gasteiger charge is 2.07. The van der Waals surface area contributed by atoms with E-state index in [1.54, 1.807) is 30.0 Å². The van der Waals surface area contributed by atoms with Gasteiger partial charge >= 0.3 is 0 Å². The lowest BCUT2D eigenvalue weighted by Gasteiger charge is -2.09. The number of carbonyl (C=O) groups is 1. The molecule has 6 heteroatoms. The Morgan fingerprint density at radius 3 is 2.59 bits per heavy atom. The van der Waals surface area contributed by atoms with Crippen LogP contribution in [0.3, 0.4) is 0 Å². The lowest BCUT2D eigenvalue weighted by atomic mass is 10.2. The van der Waals surface area contributed by atoms with Gasteiger partial charge in [0.1, 0.15) is 12.4 Å². The van der Waals surface area contributed by atoms with Crippen LogP contribution in [0.2, 0.25) is 10.0 Å². The molecule has 0 unspecified atom stereocenters. The second-order valence-electron chi connectivity index (χ2n) is 6.35. The van der Waals surface area contributed by atoms with Crippen LogP contribution < -0.4 is 10.1 Å². The maximum Gasteiger partial charge on any atom is 0.251 e. The lowest BCUT2D eigenvalue weighted by molar-refractivity contribution is 0.0955. The van der Waals surface area contributed by atoms with Crippen LogP contribution in [0, 0.1) is 0 Å². The molecule has 0 aliphatic carbocycles. The molecule has 0 aromatic heterocycles. The van der Waals surface area contributed by atoms with Crippen LogP contribution >= 0.6 is 35.0 Å². The minimum Gasteiger partial charge on any atom is -0.489 e. The summed E-state index contributed by atoms with van der Waals surface area (Å²) in [6.45, 7) is 1.04. The molecule has 0 radical (unpaired) electrons. The number of hydrogen-bond donors (Lipinski definition) is 1. The van der Waals surface area contributed by atoms with Gasteiger partial charge in [-0.05, 0) is 41.5 Å². The minimum atomic E-state index is -0.111. The first kappa shape index (κ1) is 21.6. The average Bonchev–Trinajstić information content (AvgIpc) is 2.74. The van der Waals surface area contributed by atoms with Gasteiger partial charge in [-0.25, -0.2) is 0 Å². The Morgan fingerprint density at radius 2 is 1.79 bits per heavy atom. The molecule has 0 saturated heterocycles. The fourth-order valence-electron chi connectivity index (χ4n) is 2.63. The lowest BCUT2D eigenvalue weighted by Crippen LogP contribution is -2.25. The maximum absolute atomic E-state index is 12.4. The molecule has 0 saturated carbocycles. The van der Waals surface area contributed by atoms with Gasteiger partial charge in [0.15, 0.2) is 0 Å². The molecule has 0 aliphatic heterocycles. The summed E-state index contributed by atoms with van der Waals surface area (Å²) >= 11 is 13.8. The highest BCUT2D eigenvalue weighted by Crippen LogP contribution is 2.24. The van der Waals surface area contributed by atoms with Crippen LogP contribution in [0.4, 0.5) is 0 Å². The van der Waals surface area contributed by atoms with Crippen LogP contribution in [-0.2, 0) is 12.4 Å². The molecule has 29 heavy (non-hydrogen) atoms. The monoisotopic (exact) mass is 445 g/mol. The van der Waals surface area contributed by atoms with E-state index in [1.807, 2.05) is 54.6 Å². The maximum atomic E-state index is 12.4. The summed E-state index contributed by atoms with van der Waals surface area (Å²) in [4.78, 5) is 12.4. The van der Waals surface area contributed by atoms with Crippen molar-refractivity contribution in [3.8, 4) is 5.75 Å². The van der Waals surface area contributed by atoms with E-state index in [9.17, 15) is 4.79 Å². The van der Waals surface area contributed by atoms with Crippen molar-refractivity contribution in [2.75, 3.05) is 12.3 Å². The van der Waals surface area contributed by atoms with Gasteiger partial charge in [0.05, 0.1) is 0 Å². The zero-order chi connectivity index (χ0) is 20.5. The van der Waals surface area contributed by atoms with Crippen molar-refractivity contribution < 1.29 is 9.53 Å². The van der Waals surface area contributed by atoms with Crippen LogP contribution in [0.15, 0.2) is 72.8 Å². The third kappa shape index (κ3) is 7.00. The van der Waals surface area contributed by atoms with E-state index < -0.39 is 0 Å². The summed E-state index contributed by atoms with van der Waals surface area (Å²) in [5.41, 5.74) is 2.71. The second-order valence-corrected chi connectivity index (χ2v) is 8.30. The predicted molar refractivity (Wildman–Crippen MR) is 122 cm³/mol. The van der Waals surface area contributed by atoms with E-state index in [2.05, 4.69) is 5.32 Å². The first-order valence-corrected chi connectivity index (χ1v) is 11.1. The Hall–Kier alpha value is -2.14. The Morgan fingerprint density at radius 1 is 0.966 bits per heavy atom. The summed E-state index contributed by atoms with van der Waals surface area (Å²) in [5.74, 6) is 2.12. The Kier molecular flexibility index (Phi) is 8.29. The topological polar surface area (TPSA) is 38.3 Å². The smallest absolute Gasteiger partial charge is 0.251 e. The first-order chi connectivity index (χ1) is 14.1. The largest absolute Gasteiger partial charge is 0.489 e. The van der Waals surface area contributed by atoms with Gasteiger partial charge in [0.25, 0.3) is 5.91 Å². The third-order valence-corrected chi connectivity index (χ3v) is 5.74. The first-order valence-electron chi connectivity index (χ1n) is 9.18. The van der Waals surface area contributed by atoms with Gasteiger partial charge in [-0.15, -0.1) is 0 Å². The number of amides is 1. The molecule has 3 rings (SSSR count). The van der Waals surface area contributed by atoms with Gasteiger partial charge in [-0.1, -0.05) is 65.7 Å². The molecule has 0 fully saturated rings. The number of thioether (sulfide) groups is 1. The zero-order valence-electron chi connectivity index (χ0n) is 15.7. The van der Waals surface area contributed by atoms with Crippen LogP contribution in [0.1, 0.15) is 21.5 Å². The molecule has 0 atom stereocenters. The minimum absolute atomic E-state index is 0.111. The van der Waals surface area contributed by atoms with E-state index in [4.69, 9.17) is 27.9 Å². The third-order valence-electron chi connectivity index (χ3n) is 4.15. The van der Waals surface area contributed by atoms with Crippen LogP contribution in [0.25, 0.3) is 0 Å². The van der Waals surface area contributed by atoms with E-state index in [0.717, 1.165) is 22.6 Å². The van der Waals surface area contributed by atoms with Gasteiger partial charge < -0.3 is 10.1 Å². The number of benzene rings is 3. The van der Waals surface area contributed by atoms with Crippen molar-refractivity contribution in [2.24, 2.45) is 0 Å². The molecule has 3 aromatic rings. The molecule has 3 aromatic carbocycles. The molecule has 1 amide bonds. The van der Waals surface area contributed by atoms with Gasteiger partial charge in [0.2, 0.25) is 0 Å². The number of halogens is 2. The molecular formula is C23H21Cl2NO2S. The normalized spacial score (nSPS) is 10.6. The van der Waals surface area contributed by atoms with Gasteiger partial charge in [-0.2, -0.15) is 11.8 Å². The number of hydrogen-bond acceptors (Lipinski definition) is 3. The van der Waals surface area contributed by atoms with Gasteiger partial charge in [0, 0.05) is 33.7 Å². The molecule has 0 heterocycles. The van der Waals surface area contributed by atoms with Crippen molar-refractivity contribution in [3.63, 3.8) is 0 Å². The average molecular weight is 446 g/mol. The van der Waals surface area contributed by atoms with Crippen molar-refractivity contribution in [1.82, 2.24) is 5.32 Å². The van der Waals surface area contributed by atoms with Crippen LogP contribution in [0.5, 0.6) is 5.75 Å². The molecule has 0 spiro atoms. The Balaban J connectivity index is 1.42. The summed E-state index contributed by atoms with van der Waals surface area (Å²) in [7, 11) is 0. The number of carbonyl (C=O) groups excluding carboxylic acids is 1. The van der Waals surface area contributed by atoms with E-state index in [-0.39, 0.29) is 5.91 Å². The Bertz CT molecular complexity index is 951. The van der Waals surface area contributed by atoms with Crippen LogP contribution in [-0.4, -0.2) is 18.2 Å². The number of ether oxygens (including phenoxy) is 1. The van der Waals surface area contributed by atoms with Crippen molar-refractivity contribution in [1.29, 1.82) is 0 Å². The van der Waals surface area contributed by atoms with Gasteiger partial charge in [-0.3, -0.25) is 4.79 Å². The number of rotatable bonds is 9. The quantitative estimate of drug-likeness (QED) is 0.396. The fraction of sp³-hybridized carbons (Fsp3) is 0.174. The van der Waals surface area contributed by atoms with E-state index >= 15 is 0 Å². The molecule has 0 bridgehead atoms. The van der Waals surface area contributed by atoms with Crippen molar-refractivity contribution in [3.05, 3.63) is 99.5 Å². The highest BCUT2D eigenvalue weighted by molar-refractivity contribution is 7.98. The zero-order valence-corrected chi connectivity index (χ0v) is 18.1. The summed E-state index contributed by atoms with van der Waals surface area (Å²) in [5, 5.41) is 4.24. The van der Waals surface area contributed by atoms with E-state index in [1.165, 1.54) is 0 Å². The molecule has 150 valence electrons. The summed E-state index contributed by atoms with van der Waals surface area (Å²) < 4.78 is 5.79. The van der Waals surface area contributed by atoms with E-state index in [0.29, 0.717) is 34.5 Å². The predicted octanol–water partition coefficient (Wildman–Crippen LogP) is 6.24. The standard InChI is InChI=1S/C23H21Cl2NO2S/c24-20-10-9-19(22(25)14-20)16-29-12-11-26-23(27)18-7-4-8-21(13-18)28-15-17-5-2-1-3-6-17/h1-10,13-14H,11-12,15-16H2,(H,26,27). The summed E-state index contributed by atoms with van der Waals surface area (Å²) in [6, 6.07) is 22.7. The Labute approximate surface area is 185 Å². The van der Waals surface area contributed by atoms with Crippen molar-refractivity contribution in [2.45, 2.75) is 12.4 Å². The second kappa shape index (κ2) is 11.1.